The van der Waals surface area contributed by atoms with Crippen molar-refractivity contribution >= 4 is 0 Å². The van der Waals surface area contributed by atoms with Crippen molar-refractivity contribution in [1.29, 1.82) is 0 Å². The number of aromatic nitrogens is 1. The van der Waals surface area contributed by atoms with Crippen LogP contribution in [0, 0.1) is 0 Å². The van der Waals surface area contributed by atoms with Gasteiger partial charge in [-0.1, -0.05) is 20.8 Å². The summed E-state index contributed by atoms with van der Waals surface area (Å²) < 4.78 is 11.5. The Morgan fingerprint density at radius 3 is 2.43 bits per heavy atom. The van der Waals surface area contributed by atoms with E-state index in [1.54, 1.807) is 13.3 Å². The average Bonchev–Trinajstić information content (AvgIpc) is 2.52. The molecule has 0 fully saturated rings. The molecule has 0 bridgehead atoms. The van der Waals surface area contributed by atoms with E-state index in [2.05, 4.69) is 37.1 Å². The van der Waals surface area contributed by atoms with Crippen LogP contribution in [0.1, 0.15) is 58.6 Å². The molecule has 120 valence electrons. The van der Waals surface area contributed by atoms with E-state index in [-0.39, 0.29) is 11.6 Å². The normalized spacial score (nSPS) is 13.2. The Labute approximate surface area is 129 Å². The van der Waals surface area contributed by atoms with E-state index in [4.69, 9.17) is 9.47 Å². The van der Waals surface area contributed by atoms with Gasteiger partial charge in [0.1, 0.15) is 5.75 Å². The maximum atomic E-state index is 5.92. The lowest BCUT2D eigenvalue weighted by molar-refractivity contribution is -0.0486. The summed E-state index contributed by atoms with van der Waals surface area (Å²) in [6.07, 6.45) is 6.65. The smallest absolute Gasteiger partial charge is 0.137 e. The molecule has 4 heteroatoms. The zero-order valence-electron chi connectivity index (χ0n) is 14.1. The molecule has 0 aliphatic rings. The monoisotopic (exact) mass is 294 g/mol. The first-order valence-electron chi connectivity index (χ1n) is 8.03. The third-order valence-corrected chi connectivity index (χ3v) is 4.11. The van der Waals surface area contributed by atoms with Crippen molar-refractivity contribution in [3.8, 4) is 5.75 Å². The topological polar surface area (TPSA) is 43.4 Å². The summed E-state index contributed by atoms with van der Waals surface area (Å²) in [6.45, 7) is 10.1. The predicted molar refractivity (Wildman–Crippen MR) is 86.8 cm³/mol. The summed E-state index contributed by atoms with van der Waals surface area (Å²) in [5.74, 6) is 0.815. The fraction of sp³-hybridized carbons (Fsp3) is 0.706. The number of methoxy groups -OCH3 is 1. The van der Waals surface area contributed by atoms with Crippen molar-refractivity contribution in [1.82, 2.24) is 10.3 Å². The zero-order chi connectivity index (χ0) is 15.7. The van der Waals surface area contributed by atoms with E-state index in [1.165, 1.54) is 0 Å². The van der Waals surface area contributed by atoms with Crippen molar-refractivity contribution in [3.63, 3.8) is 0 Å². The van der Waals surface area contributed by atoms with Gasteiger partial charge in [0, 0.05) is 13.3 Å². The Hall–Kier alpha value is -1.13. The molecule has 1 N–H and O–H groups in total. The molecular weight excluding hydrogens is 264 g/mol. The van der Waals surface area contributed by atoms with Gasteiger partial charge >= 0.3 is 0 Å². The van der Waals surface area contributed by atoms with Gasteiger partial charge in [0.25, 0.3) is 0 Å². The number of hydrogen-bond donors (Lipinski definition) is 1. The van der Waals surface area contributed by atoms with Crippen LogP contribution in [0.2, 0.25) is 0 Å². The van der Waals surface area contributed by atoms with E-state index < -0.39 is 0 Å². The van der Waals surface area contributed by atoms with Gasteiger partial charge in [0.2, 0.25) is 0 Å². The molecule has 1 unspecified atom stereocenters. The molecule has 1 heterocycles. The van der Waals surface area contributed by atoms with Gasteiger partial charge in [-0.15, -0.1) is 0 Å². The summed E-state index contributed by atoms with van der Waals surface area (Å²) in [5, 5.41) is 3.63. The number of ether oxygens (including phenoxy) is 2. The van der Waals surface area contributed by atoms with E-state index in [0.717, 1.165) is 37.1 Å². The highest BCUT2D eigenvalue weighted by atomic mass is 16.5. The maximum absolute atomic E-state index is 5.92. The van der Waals surface area contributed by atoms with Crippen LogP contribution in [0.3, 0.4) is 0 Å². The molecule has 1 aromatic heterocycles. The highest BCUT2D eigenvalue weighted by molar-refractivity contribution is 5.28. The molecule has 1 aromatic rings. The molecule has 4 nitrogen and oxygen atoms in total. The highest BCUT2D eigenvalue weighted by Gasteiger charge is 2.36. The van der Waals surface area contributed by atoms with Crippen LogP contribution in [0.5, 0.6) is 5.75 Å². The van der Waals surface area contributed by atoms with Crippen molar-refractivity contribution < 1.29 is 9.47 Å². The van der Waals surface area contributed by atoms with Crippen LogP contribution in [0.25, 0.3) is 0 Å². The van der Waals surface area contributed by atoms with Crippen LogP contribution in [-0.2, 0) is 4.74 Å². The van der Waals surface area contributed by atoms with Gasteiger partial charge in [-0.2, -0.15) is 0 Å². The van der Waals surface area contributed by atoms with Crippen LogP contribution >= 0.6 is 0 Å². The summed E-state index contributed by atoms with van der Waals surface area (Å²) in [5.41, 5.74) is 0.904. The minimum absolute atomic E-state index is 0.116. The molecule has 0 aliphatic carbocycles. The van der Waals surface area contributed by atoms with Crippen LogP contribution in [0.15, 0.2) is 18.5 Å². The molecule has 0 amide bonds. The van der Waals surface area contributed by atoms with Crippen LogP contribution in [0.4, 0.5) is 0 Å². The fourth-order valence-electron chi connectivity index (χ4n) is 2.80. The van der Waals surface area contributed by atoms with E-state index in [1.807, 2.05) is 13.1 Å². The van der Waals surface area contributed by atoms with Gasteiger partial charge in [-0.05, 0) is 44.4 Å². The Morgan fingerprint density at radius 2 is 1.90 bits per heavy atom. The lowest BCUT2D eigenvalue weighted by atomic mass is 9.84. The second-order valence-corrected chi connectivity index (χ2v) is 5.25. The van der Waals surface area contributed by atoms with E-state index in [9.17, 15) is 0 Å². The SMILES string of the molecule is CCCNC(c1cncc(OCC)c1)C(CC)(CC)OC. The summed E-state index contributed by atoms with van der Waals surface area (Å²) in [4.78, 5) is 4.33. The molecular formula is C17H30N2O2. The number of hydrogen-bond acceptors (Lipinski definition) is 4. The van der Waals surface area contributed by atoms with E-state index in [0.29, 0.717) is 6.61 Å². The lowest BCUT2D eigenvalue weighted by Crippen LogP contribution is -2.45. The largest absolute Gasteiger partial charge is 0.492 e. The van der Waals surface area contributed by atoms with Gasteiger partial charge in [-0.25, -0.2) is 0 Å². The third kappa shape index (κ3) is 4.42. The van der Waals surface area contributed by atoms with Crippen molar-refractivity contribution in [2.45, 2.75) is 58.6 Å². The third-order valence-electron chi connectivity index (χ3n) is 4.11. The number of rotatable bonds is 10. The Kier molecular flexibility index (Phi) is 7.68. The van der Waals surface area contributed by atoms with Crippen molar-refractivity contribution in [2.24, 2.45) is 0 Å². The van der Waals surface area contributed by atoms with Crippen molar-refractivity contribution in [2.75, 3.05) is 20.3 Å². The molecule has 0 aliphatic heterocycles. The number of pyridine rings is 1. The molecule has 21 heavy (non-hydrogen) atoms. The minimum Gasteiger partial charge on any atom is -0.492 e. The van der Waals surface area contributed by atoms with Gasteiger partial charge in [-0.3, -0.25) is 4.98 Å². The Balaban J connectivity index is 3.14. The number of nitrogens with one attached hydrogen (secondary N) is 1. The highest BCUT2D eigenvalue weighted by Crippen LogP contribution is 2.35. The first-order chi connectivity index (χ1) is 10.2. The first kappa shape index (κ1) is 17.9. The molecule has 0 spiro atoms. The quantitative estimate of drug-likeness (QED) is 0.714. The number of nitrogens with zero attached hydrogens (tertiary/aromatic N) is 1. The Bertz CT molecular complexity index is 397. The molecule has 1 atom stereocenters. The second-order valence-electron chi connectivity index (χ2n) is 5.25. The van der Waals surface area contributed by atoms with E-state index >= 15 is 0 Å². The lowest BCUT2D eigenvalue weighted by Gasteiger charge is -2.39. The summed E-state index contributed by atoms with van der Waals surface area (Å²) in [6, 6.07) is 2.19. The van der Waals surface area contributed by atoms with Gasteiger partial charge < -0.3 is 14.8 Å². The summed E-state index contributed by atoms with van der Waals surface area (Å²) >= 11 is 0. The molecule has 0 saturated carbocycles. The van der Waals surface area contributed by atoms with Crippen LogP contribution < -0.4 is 10.1 Å². The van der Waals surface area contributed by atoms with Crippen molar-refractivity contribution in [3.05, 3.63) is 24.0 Å². The molecule has 0 aromatic carbocycles. The maximum Gasteiger partial charge on any atom is 0.137 e. The first-order valence-corrected chi connectivity index (χ1v) is 8.03. The Morgan fingerprint density at radius 1 is 1.19 bits per heavy atom. The molecule has 1 rings (SSSR count). The predicted octanol–water partition coefficient (Wildman–Crippen LogP) is 3.73. The molecule has 0 saturated heterocycles. The summed E-state index contributed by atoms with van der Waals surface area (Å²) in [7, 11) is 1.80. The zero-order valence-corrected chi connectivity index (χ0v) is 14.1. The molecule has 0 radical (unpaired) electrons. The van der Waals surface area contributed by atoms with Gasteiger partial charge in [0.15, 0.2) is 0 Å². The average molecular weight is 294 g/mol. The van der Waals surface area contributed by atoms with Gasteiger partial charge in [0.05, 0.1) is 24.4 Å². The fourth-order valence-corrected chi connectivity index (χ4v) is 2.80. The minimum atomic E-state index is -0.221. The standard InChI is InChI=1S/C17H30N2O2/c1-6-10-19-16(17(7-2,8-3)20-5)14-11-15(21-9-4)13-18-12-14/h11-13,16,19H,6-10H2,1-5H3. The second kappa shape index (κ2) is 9.00. The van der Waals surface area contributed by atoms with Crippen LogP contribution in [-0.4, -0.2) is 30.8 Å².